The summed E-state index contributed by atoms with van der Waals surface area (Å²) in [7, 11) is -3.56. The third-order valence-corrected chi connectivity index (χ3v) is 6.29. The van der Waals surface area contributed by atoms with Gasteiger partial charge in [0.05, 0.1) is 12.9 Å². The second kappa shape index (κ2) is 15.7. The van der Waals surface area contributed by atoms with Crippen LogP contribution in [0.3, 0.4) is 0 Å². The molecule has 0 aliphatic heterocycles. The Kier molecular flexibility index (Phi) is 12.6. The predicted octanol–water partition coefficient (Wildman–Crippen LogP) is 2.14. The smallest absolute Gasteiger partial charge is 0.347 e. The molecule has 0 fully saturated rings. The van der Waals surface area contributed by atoms with Crippen LogP contribution in [0.1, 0.15) is 33.1 Å². The summed E-state index contributed by atoms with van der Waals surface area (Å²) >= 11 is 0. The Hall–Kier alpha value is -4.50. The van der Waals surface area contributed by atoms with E-state index in [0.29, 0.717) is 37.5 Å². The Morgan fingerprint density at radius 1 is 1.00 bits per heavy atom. The molecular formula is C28H39N5O9S. The maximum atomic E-state index is 11.3. The fraction of sp³-hybridized carbons (Fsp3) is 0.393. The monoisotopic (exact) mass is 621 g/mol. The fourth-order valence-corrected chi connectivity index (χ4v) is 4.06. The number of nitrogens with two attached hydrogens (primary N) is 3. The molecule has 0 aliphatic rings. The molecule has 1 heterocycles. The van der Waals surface area contributed by atoms with Gasteiger partial charge in [0.15, 0.2) is 11.6 Å². The van der Waals surface area contributed by atoms with E-state index in [0.717, 1.165) is 30.1 Å². The SMILES string of the molecule is CC(C)(Oc1ccc(OCCCn2ccc3cc(OS(C)(=O)=O)ccc32)cc1)C(=O)O.NC(N)=NCCC[C@H](N)C(=O)O. The molecular weight excluding hydrogens is 582 g/mol. The highest BCUT2D eigenvalue weighted by molar-refractivity contribution is 7.86. The highest BCUT2D eigenvalue weighted by Crippen LogP contribution is 2.24. The molecule has 0 aliphatic carbocycles. The number of aromatic nitrogens is 1. The quantitative estimate of drug-likeness (QED) is 0.0711. The lowest BCUT2D eigenvalue weighted by molar-refractivity contribution is -0.152. The Labute approximate surface area is 250 Å². The number of aliphatic imine (C=N–C) groups is 1. The van der Waals surface area contributed by atoms with E-state index in [1.807, 2.05) is 18.3 Å². The van der Waals surface area contributed by atoms with Gasteiger partial charge >= 0.3 is 22.1 Å². The van der Waals surface area contributed by atoms with E-state index in [2.05, 4.69) is 9.56 Å². The number of nitrogens with zero attached hydrogens (tertiary/aromatic N) is 2. The predicted molar refractivity (Wildman–Crippen MR) is 162 cm³/mol. The van der Waals surface area contributed by atoms with Crippen molar-refractivity contribution in [1.82, 2.24) is 4.57 Å². The Bertz CT molecular complexity index is 1500. The molecule has 236 valence electrons. The van der Waals surface area contributed by atoms with Gasteiger partial charge in [-0.15, -0.1) is 0 Å². The third kappa shape index (κ3) is 12.5. The van der Waals surface area contributed by atoms with Crippen molar-refractivity contribution in [1.29, 1.82) is 0 Å². The zero-order valence-corrected chi connectivity index (χ0v) is 25.1. The van der Waals surface area contributed by atoms with Gasteiger partial charge in [0.25, 0.3) is 0 Å². The van der Waals surface area contributed by atoms with Crippen LogP contribution in [0.2, 0.25) is 0 Å². The van der Waals surface area contributed by atoms with Crippen molar-refractivity contribution in [2.75, 3.05) is 19.4 Å². The molecule has 0 spiro atoms. The van der Waals surface area contributed by atoms with Crippen molar-refractivity contribution in [2.24, 2.45) is 22.2 Å². The van der Waals surface area contributed by atoms with Crippen LogP contribution >= 0.6 is 0 Å². The first-order valence-corrected chi connectivity index (χ1v) is 15.1. The van der Waals surface area contributed by atoms with Crippen molar-refractivity contribution < 1.29 is 41.9 Å². The summed E-state index contributed by atoms with van der Waals surface area (Å²) < 4.78 is 40.7. The molecule has 1 aromatic heterocycles. The lowest BCUT2D eigenvalue weighted by Gasteiger charge is -2.21. The summed E-state index contributed by atoms with van der Waals surface area (Å²) in [5.41, 5.74) is 15.0. The van der Waals surface area contributed by atoms with Crippen LogP contribution in [-0.2, 0) is 26.3 Å². The number of carbonyl (C=O) groups is 2. The molecule has 43 heavy (non-hydrogen) atoms. The van der Waals surface area contributed by atoms with E-state index in [4.69, 9.17) is 41.1 Å². The molecule has 2 aromatic carbocycles. The number of guanidine groups is 1. The van der Waals surface area contributed by atoms with E-state index >= 15 is 0 Å². The van der Waals surface area contributed by atoms with Crippen LogP contribution in [0.15, 0.2) is 59.7 Å². The van der Waals surface area contributed by atoms with Crippen LogP contribution < -0.4 is 30.9 Å². The third-order valence-electron chi connectivity index (χ3n) is 5.80. The van der Waals surface area contributed by atoms with E-state index < -0.39 is 33.7 Å². The van der Waals surface area contributed by atoms with Crippen molar-refractivity contribution in [3.8, 4) is 17.2 Å². The number of rotatable bonds is 15. The van der Waals surface area contributed by atoms with Crippen molar-refractivity contribution >= 4 is 38.9 Å². The topological polar surface area (TPSA) is 232 Å². The number of carboxylic acids is 2. The van der Waals surface area contributed by atoms with Crippen LogP contribution in [0.5, 0.6) is 17.2 Å². The minimum atomic E-state index is -3.56. The Morgan fingerprint density at radius 2 is 1.63 bits per heavy atom. The molecule has 0 saturated carbocycles. The maximum absolute atomic E-state index is 11.3. The zero-order chi connectivity index (χ0) is 32.2. The number of carboxylic acid groups (broad SMARTS) is 2. The van der Waals surface area contributed by atoms with Gasteiger partial charge in [0, 0.05) is 30.2 Å². The maximum Gasteiger partial charge on any atom is 0.347 e. The molecule has 1 atom stereocenters. The Morgan fingerprint density at radius 3 is 2.21 bits per heavy atom. The first-order valence-electron chi connectivity index (χ1n) is 13.2. The molecule has 3 aromatic rings. The summed E-state index contributed by atoms with van der Waals surface area (Å²) in [5.74, 6) is -0.614. The number of benzene rings is 2. The van der Waals surface area contributed by atoms with Gasteiger partial charge in [0.1, 0.15) is 23.3 Å². The standard InChI is InChI=1S/C22H25NO7S.C6H14N4O2/c1-22(2,21(24)25)29-18-7-5-17(6-8-18)28-14-4-12-23-13-11-16-15-19(9-10-20(16)23)30-31(3,26)27;7-4(5(11)12)2-1-3-10-6(8)9/h5-11,13,15H,4,12,14H2,1-3H3,(H,24,25);4H,1-3,7H2,(H,11,12)(H4,8,9,10)/t;4-/m.0/s1. The number of aliphatic carboxylic acids is 2. The van der Waals surface area contributed by atoms with Gasteiger partial charge in [-0.25, -0.2) is 4.79 Å². The van der Waals surface area contributed by atoms with Crippen LogP contribution in [-0.4, -0.2) is 72.1 Å². The average molecular weight is 622 g/mol. The summed E-state index contributed by atoms with van der Waals surface area (Å²) in [6.07, 6.45) is 4.66. The van der Waals surface area contributed by atoms with Crippen LogP contribution in [0, 0.1) is 0 Å². The van der Waals surface area contributed by atoms with E-state index in [1.165, 1.54) is 13.8 Å². The van der Waals surface area contributed by atoms with Gasteiger partial charge in [0.2, 0.25) is 0 Å². The average Bonchev–Trinajstić information content (AvgIpc) is 3.31. The minimum absolute atomic E-state index is 0.0129. The summed E-state index contributed by atoms with van der Waals surface area (Å²) in [4.78, 5) is 25.0. The molecule has 14 nitrogen and oxygen atoms in total. The van der Waals surface area contributed by atoms with Gasteiger partial charge in [-0.05, 0) is 81.6 Å². The number of hydrogen-bond acceptors (Lipinski definition) is 9. The molecule has 0 radical (unpaired) electrons. The van der Waals surface area contributed by atoms with E-state index in [1.54, 1.807) is 36.4 Å². The molecule has 3 rings (SSSR count). The van der Waals surface area contributed by atoms with Gasteiger partial charge in [-0.1, -0.05) is 0 Å². The van der Waals surface area contributed by atoms with Crippen molar-refractivity contribution in [2.45, 2.75) is 51.3 Å². The summed E-state index contributed by atoms with van der Waals surface area (Å²) in [6.45, 7) is 4.62. The number of fused-ring (bicyclic) bond motifs is 1. The van der Waals surface area contributed by atoms with Gasteiger partial charge < -0.3 is 45.6 Å². The minimum Gasteiger partial charge on any atom is -0.494 e. The molecule has 0 amide bonds. The van der Waals surface area contributed by atoms with Crippen molar-refractivity contribution in [3.63, 3.8) is 0 Å². The van der Waals surface area contributed by atoms with Crippen molar-refractivity contribution in [3.05, 3.63) is 54.7 Å². The zero-order valence-electron chi connectivity index (χ0n) is 24.3. The number of ether oxygens (including phenoxy) is 2. The van der Waals surface area contributed by atoms with Gasteiger partial charge in [-0.3, -0.25) is 9.79 Å². The fourth-order valence-electron chi connectivity index (χ4n) is 3.61. The molecule has 15 heteroatoms. The summed E-state index contributed by atoms with van der Waals surface area (Å²) in [6, 6.07) is 13.1. The lowest BCUT2D eigenvalue weighted by Crippen LogP contribution is -2.37. The lowest BCUT2D eigenvalue weighted by atomic mass is 10.1. The largest absolute Gasteiger partial charge is 0.494 e. The van der Waals surface area contributed by atoms with Crippen LogP contribution in [0.4, 0.5) is 0 Å². The Balaban J connectivity index is 0.000000455. The van der Waals surface area contributed by atoms with E-state index in [9.17, 15) is 18.0 Å². The number of aryl methyl sites for hydroxylation is 1. The highest BCUT2D eigenvalue weighted by Gasteiger charge is 2.29. The highest BCUT2D eigenvalue weighted by atomic mass is 32.2. The second-order valence-electron chi connectivity index (χ2n) is 10.0. The second-order valence-corrected chi connectivity index (χ2v) is 11.6. The molecule has 0 saturated heterocycles. The van der Waals surface area contributed by atoms with E-state index in [-0.39, 0.29) is 11.7 Å². The number of hydrogen-bond donors (Lipinski definition) is 5. The normalized spacial score (nSPS) is 12.0. The van der Waals surface area contributed by atoms with Crippen LogP contribution in [0.25, 0.3) is 10.9 Å². The molecule has 0 bridgehead atoms. The molecule has 8 N–H and O–H groups in total. The van der Waals surface area contributed by atoms with Gasteiger partial charge in [-0.2, -0.15) is 8.42 Å². The molecule has 0 unspecified atom stereocenters. The first kappa shape index (κ1) is 34.7. The summed E-state index contributed by atoms with van der Waals surface area (Å²) in [5, 5.41) is 18.4. The first-order chi connectivity index (χ1) is 20.1.